The number of urea groups is 1. The molecule has 0 aliphatic carbocycles. The van der Waals surface area contributed by atoms with Crippen LogP contribution >= 0.6 is 11.3 Å². The standard InChI is InChI=1S/C18H22N2OS/c21-18(19-14-15-8-3-1-4-9-15)20-12-6-2-5-10-16(20)17-11-7-13-22-17/h1,3-4,7-9,11,13,16H,2,5-6,10,12,14H2,(H,19,21)/t16-/m0/s1. The zero-order valence-electron chi connectivity index (χ0n) is 12.7. The van der Waals surface area contributed by atoms with Gasteiger partial charge < -0.3 is 10.2 Å². The summed E-state index contributed by atoms with van der Waals surface area (Å²) in [6, 6.07) is 14.6. The van der Waals surface area contributed by atoms with E-state index in [-0.39, 0.29) is 12.1 Å². The molecule has 0 bridgehead atoms. The van der Waals surface area contributed by atoms with Crippen LogP contribution in [-0.4, -0.2) is 17.5 Å². The lowest BCUT2D eigenvalue weighted by Crippen LogP contribution is -2.41. The number of nitrogens with zero attached hydrogens (tertiary/aromatic N) is 1. The molecule has 116 valence electrons. The molecule has 2 aromatic rings. The summed E-state index contributed by atoms with van der Waals surface area (Å²) in [6.45, 7) is 1.44. The van der Waals surface area contributed by atoms with Crippen molar-refractivity contribution in [2.75, 3.05) is 6.54 Å². The maximum atomic E-state index is 12.6. The van der Waals surface area contributed by atoms with Crippen molar-refractivity contribution >= 4 is 17.4 Å². The molecule has 1 aromatic carbocycles. The molecule has 0 unspecified atom stereocenters. The van der Waals surface area contributed by atoms with Crippen LogP contribution in [0.4, 0.5) is 4.79 Å². The third-order valence-corrected chi connectivity index (χ3v) is 5.15. The van der Waals surface area contributed by atoms with Crippen molar-refractivity contribution in [2.24, 2.45) is 0 Å². The Morgan fingerprint density at radius 3 is 2.77 bits per heavy atom. The first-order valence-electron chi connectivity index (χ1n) is 7.96. The second kappa shape index (κ2) is 7.45. The fourth-order valence-electron chi connectivity index (χ4n) is 3.00. The molecule has 2 heterocycles. The number of carbonyl (C=O) groups excluding carboxylic acids is 1. The zero-order valence-corrected chi connectivity index (χ0v) is 13.5. The van der Waals surface area contributed by atoms with E-state index in [0.29, 0.717) is 6.54 Å². The predicted molar refractivity (Wildman–Crippen MR) is 90.9 cm³/mol. The summed E-state index contributed by atoms with van der Waals surface area (Å²) in [4.78, 5) is 16.0. The number of carbonyl (C=O) groups is 1. The van der Waals surface area contributed by atoms with Gasteiger partial charge in [0.1, 0.15) is 0 Å². The first kappa shape index (κ1) is 15.1. The minimum Gasteiger partial charge on any atom is -0.334 e. The lowest BCUT2D eigenvalue weighted by molar-refractivity contribution is 0.176. The van der Waals surface area contributed by atoms with Gasteiger partial charge in [0, 0.05) is 18.0 Å². The van der Waals surface area contributed by atoms with Crippen LogP contribution in [0.15, 0.2) is 47.8 Å². The Morgan fingerprint density at radius 2 is 2.00 bits per heavy atom. The molecule has 1 aliphatic heterocycles. The van der Waals surface area contributed by atoms with Crippen molar-refractivity contribution in [2.45, 2.75) is 38.3 Å². The molecule has 22 heavy (non-hydrogen) atoms. The molecule has 1 fully saturated rings. The van der Waals surface area contributed by atoms with Crippen molar-refractivity contribution in [1.29, 1.82) is 0 Å². The van der Waals surface area contributed by atoms with E-state index >= 15 is 0 Å². The van der Waals surface area contributed by atoms with Crippen LogP contribution in [-0.2, 0) is 6.54 Å². The van der Waals surface area contributed by atoms with Gasteiger partial charge in [-0.1, -0.05) is 49.2 Å². The average Bonchev–Trinajstić information content (AvgIpc) is 2.98. The summed E-state index contributed by atoms with van der Waals surface area (Å²) in [5.74, 6) is 0. The van der Waals surface area contributed by atoms with E-state index in [1.54, 1.807) is 11.3 Å². The van der Waals surface area contributed by atoms with Crippen LogP contribution in [0.3, 0.4) is 0 Å². The van der Waals surface area contributed by atoms with Crippen LogP contribution in [0, 0.1) is 0 Å². The normalized spacial score (nSPS) is 18.7. The van der Waals surface area contributed by atoms with Gasteiger partial charge in [-0.25, -0.2) is 4.79 Å². The highest BCUT2D eigenvalue weighted by Gasteiger charge is 2.27. The van der Waals surface area contributed by atoms with Gasteiger partial charge >= 0.3 is 6.03 Å². The van der Waals surface area contributed by atoms with Crippen LogP contribution in [0.1, 0.15) is 42.2 Å². The van der Waals surface area contributed by atoms with Gasteiger partial charge in [0.05, 0.1) is 6.04 Å². The number of nitrogens with one attached hydrogen (secondary N) is 1. The topological polar surface area (TPSA) is 32.3 Å². The monoisotopic (exact) mass is 314 g/mol. The molecule has 4 heteroatoms. The molecule has 2 amide bonds. The lowest BCUT2D eigenvalue weighted by atomic mass is 10.1. The molecule has 1 N–H and O–H groups in total. The molecule has 0 spiro atoms. The van der Waals surface area contributed by atoms with E-state index < -0.39 is 0 Å². The third-order valence-electron chi connectivity index (χ3n) is 4.17. The molecule has 3 rings (SSSR count). The second-order valence-electron chi connectivity index (χ2n) is 5.72. The van der Waals surface area contributed by atoms with Gasteiger partial charge in [0.15, 0.2) is 0 Å². The Bertz CT molecular complexity index is 582. The summed E-state index contributed by atoms with van der Waals surface area (Å²) < 4.78 is 0. The fourth-order valence-corrected chi connectivity index (χ4v) is 3.88. The SMILES string of the molecule is O=C(NCc1ccccc1)N1CCCCC[C@H]1c1cccs1. The van der Waals surface area contributed by atoms with Crippen molar-refractivity contribution in [3.05, 3.63) is 58.3 Å². The molecular formula is C18H22N2OS. The highest BCUT2D eigenvalue weighted by atomic mass is 32.1. The summed E-state index contributed by atoms with van der Waals surface area (Å²) in [5, 5.41) is 5.18. The first-order chi connectivity index (χ1) is 10.8. The van der Waals surface area contributed by atoms with Crippen LogP contribution < -0.4 is 5.32 Å². The molecule has 3 nitrogen and oxygen atoms in total. The van der Waals surface area contributed by atoms with E-state index in [1.165, 1.54) is 17.7 Å². The number of thiophene rings is 1. The lowest BCUT2D eigenvalue weighted by Gasteiger charge is -2.29. The van der Waals surface area contributed by atoms with Gasteiger partial charge in [-0.2, -0.15) is 0 Å². The van der Waals surface area contributed by atoms with E-state index in [4.69, 9.17) is 0 Å². The highest BCUT2D eigenvalue weighted by Crippen LogP contribution is 2.32. The first-order valence-corrected chi connectivity index (χ1v) is 8.84. The van der Waals surface area contributed by atoms with Gasteiger partial charge in [-0.15, -0.1) is 11.3 Å². The van der Waals surface area contributed by atoms with E-state index in [1.807, 2.05) is 35.2 Å². The Kier molecular flexibility index (Phi) is 5.11. The van der Waals surface area contributed by atoms with Crippen molar-refractivity contribution < 1.29 is 4.79 Å². The molecular weight excluding hydrogens is 292 g/mol. The van der Waals surface area contributed by atoms with Crippen molar-refractivity contribution in [3.8, 4) is 0 Å². The maximum Gasteiger partial charge on any atom is 0.318 e. The summed E-state index contributed by atoms with van der Waals surface area (Å²) in [7, 11) is 0. The smallest absolute Gasteiger partial charge is 0.318 e. The number of amides is 2. The van der Waals surface area contributed by atoms with Gasteiger partial charge in [0.2, 0.25) is 0 Å². The number of likely N-dealkylation sites (tertiary alicyclic amines) is 1. The van der Waals surface area contributed by atoms with Gasteiger partial charge in [-0.05, 0) is 29.9 Å². The number of benzene rings is 1. The molecule has 1 atom stereocenters. The van der Waals surface area contributed by atoms with Gasteiger partial charge in [-0.3, -0.25) is 0 Å². The van der Waals surface area contributed by atoms with E-state index in [9.17, 15) is 4.79 Å². The quantitative estimate of drug-likeness (QED) is 0.884. The molecule has 1 saturated heterocycles. The summed E-state index contributed by atoms with van der Waals surface area (Å²) >= 11 is 1.75. The summed E-state index contributed by atoms with van der Waals surface area (Å²) in [5.41, 5.74) is 1.14. The average molecular weight is 314 g/mol. The Labute approximate surface area is 136 Å². The number of hydrogen-bond donors (Lipinski definition) is 1. The van der Waals surface area contributed by atoms with Gasteiger partial charge in [0.25, 0.3) is 0 Å². The second-order valence-corrected chi connectivity index (χ2v) is 6.70. The number of rotatable bonds is 3. The maximum absolute atomic E-state index is 12.6. The van der Waals surface area contributed by atoms with E-state index in [0.717, 1.165) is 24.9 Å². The fraction of sp³-hybridized carbons (Fsp3) is 0.389. The zero-order chi connectivity index (χ0) is 15.2. The Hall–Kier alpha value is -1.81. The molecule has 1 aromatic heterocycles. The van der Waals surface area contributed by atoms with Crippen molar-refractivity contribution in [1.82, 2.24) is 10.2 Å². The highest BCUT2D eigenvalue weighted by molar-refractivity contribution is 7.10. The predicted octanol–water partition coefficient (Wildman–Crippen LogP) is 4.58. The Morgan fingerprint density at radius 1 is 1.14 bits per heavy atom. The number of hydrogen-bond acceptors (Lipinski definition) is 2. The Balaban J connectivity index is 1.67. The minimum absolute atomic E-state index is 0.0594. The molecule has 0 radical (unpaired) electrons. The van der Waals surface area contributed by atoms with Crippen LogP contribution in [0.5, 0.6) is 0 Å². The largest absolute Gasteiger partial charge is 0.334 e. The van der Waals surface area contributed by atoms with Crippen LogP contribution in [0.2, 0.25) is 0 Å². The minimum atomic E-state index is 0.0594. The van der Waals surface area contributed by atoms with Crippen LogP contribution in [0.25, 0.3) is 0 Å². The molecule has 1 aliphatic rings. The summed E-state index contributed by atoms with van der Waals surface area (Å²) in [6.07, 6.45) is 4.58. The van der Waals surface area contributed by atoms with Crippen molar-refractivity contribution in [3.63, 3.8) is 0 Å². The molecule has 0 saturated carbocycles. The third kappa shape index (κ3) is 3.69. The van der Waals surface area contributed by atoms with E-state index in [2.05, 4.69) is 22.8 Å².